The molecule has 2 rings (SSSR count). The van der Waals surface area contributed by atoms with Crippen molar-refractivity contribution in [2.75, 3.05) is 25.5 Å². The largest absolute Gasteiger partial charge is 0.336 e. The molecule has 0 aliphatic carbocycles. The van der Waals surface area contributed by atoms with Crippen molar-refractivity contribution in [3.63, 3.8) is 0 Å². The van der Waals surface area contributed by atoms with Gasteiger partial charge in [0.25, 0.3) is 0 Å². The van der Waals surface area contributed by atoms with E-state index in [2.05, 4.69) is 10.0 Å². The van der Waals surface area contributed by atoms with E-state index in [1.807, 2.05) is 6.92 Å². The Hall–Kier alpha value is -2.42. The number of anilines is 1. The molecule has 0 spiro atoms. The number of nitrogens with one attached hydrogen (secondary N) is 2. The van der Waals surface area contributed by atoms with Crippen LogP contribution < -0.4 is 10.0 Å². The van der Waals surface area contributed by atoms with Crippen LogP contribution in [0.3, 0.4) is 0 Å². The van der Waals surface area contributed by atoms with Gasteiger partial charge in [0, 0.05) is 20.0 Å². The summed E-state index contributed by atoms with van der Waals surface area (Å²) in [5.41, 5.74) is 2.75. The summed E-state index contributed by atoms with van der Waals surface area (Å²) in [6.07, 6.45) is -0.0704. The average molecular weight is 452 g/mol. The van der Waals surface area contributed by atoms with Gasteiger partial charge in [-0.15, -0.1) is 0 Å². The van der Waals surface area contributed by atoms with Crippen LogP contribution in [0.25, 0.3) is 0 Å². The van der Waals surface area contributed by atoms with Gasteiger partial charge in [-0.05, 0) is 44.0 Å². The molecule has 9 heteroatoms. The fraction of sp³-hybridized carbons (Fsp3) is 0.333. The number of sulfonamides is 1. The predicted octanol–water partition coefficient (Wildman–Crippen LogP) is 3.03. The molecule has 0 unspecified atom stereocenters. The van der Waals surface area contributed by atoms with Crippen LogP contribution in [0.15, 0.2) is 41.3 Å². The second-order valence-corrected chi connectivity index (χ2v) is 9.26. The number of halogens is 1. The Morgan fingerprint density at radius 3 is 2.27 bits per heavy atom. The van der Waals surface area contributed by atoms with Gasteiger partial charge in [0.1, 0.15) is 0 Å². The zero-order chi connectivity index (χ0) is 22.5. The molecule has 7 nitrogen and oxygen atoms in total. The van der Waals surface area contributed by atoms with Gasteiger partial charge < -0.3 is 10.2 Å². The highest BCUT2D eigenvalue weighted by Gasteiger charge is 2.21. The van der Waals surface area contributed by atoms with Crippen molar-refractivity contribution in [1.82, 2.24) is 9.62 Å². The van der Waals surface area contributed by atoms with Gasteiger partial charge in [-0.2, -0.15) is 0 Å². The van der Waals surface area contributed by atoms with Gasteiger partial charge >= 0.3 is 0 Å². The maximum Gasteiger partial charge on any atom is 0.244 e. The van der Waals surface area contributed by atoms with Crippen molar-refractivity contribution < 1.29 is 18.0 Å². The van der Waals surface area contributed by atoms with Crippen LogP contribution in [-0.4, -0.2) is 45.3 Å². The van der Waals surface area contributed by atoms with Crippen LogP contribution in [0.2, 0.25) is 5.02 Å². The number of hydrogen-bond acceptors (Lipinski definition) is 4. The molecule has 0 radical (unpaired) electrons. The third-order valence-corrected chi connectivity index (χ3v) is 6.55. The number of rotatable bonds is 8. The lowest BCUT2D eigenvalue weighted by atomic mass is 10.1. The van der Waals surface area contributed by atoms with E-state index < -0.39 is 15.9 Å². The monoisotopic (exact) mass is 451 g/mol. The standard InChI is InChI=1S/C21H26ClN3O4S/c1-14-11-15(2)21(16(3)12-14)30(28,29)23-10-9-20(27)25(4)13-19(26)24-18-8-6-5-7-17(18)22/h5-8,11-12,23H,9-10,13H2,1-4H3,(H,24,26). The summed E-state index contributed by atoms with van der Waals surface area (Å²) < 4.78 is 27.7. The molecule has 0 aliphatic heterocycles. The Kier molecular flexibility index (Phi) is 8.00. The van der Waals surface area contributed by atoms with Crippen LogP contribution in [-0.2, 0) is 19.6 Å². The van der Waals surface area contributed by atoms with Crippen molar-refractivity contribution in [3.8, 4) is 0 Å². The summed E-state index contributed by atoms with van der Waals surface area (Å²) in [6, 6.07) is 10.4. The van der Waals surface area contributed by atoms with Crippen molar-refractivity contribution >= 4 is 39.1 Å². The van der Waals surface area contributed by atoms with E-state index in [1.165, 1.54) is 11.9 Å². The number of benzene rings is 2. The lowest BCUT2D eigenvalue weighted by Crippen LogP contribution is -2.37. The first-order chi connectivity index (χ1) is 14.0. The van der Waals surface area contributed by atoms with E-state index in [9.17, 15) is 18.0 Å². The Balaban J connectivity index is 1.89. The van der Waals surface area contributed by atoms with E-state index in [0.717, 1.165) is 5.56 Å². The van der Waals surface area contributed by atoms with Gasteiger partial charge in [0.15, 0.2) is 0 Å². The highest BCUT2D eigenvalue weighted by atomic mass is 35.5. The minimum Gasteiger partial charge on any atom is -0.336 e. The van der Waals surface area contributed by atoms with Crippen LogP contribution in [0.4, 0.5) is 5.69 Å². The first-order valence-electron chi connectivity index (χ1n) is 9.37. The second kappa shape index (κ2) is 10.1. The maximum absolute atomic E-state index is 12.6. The fourth-order valence-electron chi connectivity index (χ4n) is 3.20. The van der Waals surface area contributed by atoms with Gasteiger partial charge in [0.2, 0.25) is 21.8 Å². The average Bonchev–Trinajstić information content (AvgIpc) is 2.62. The topological polar surface area (TPSA) is 95.6 Å². The highest BCUT2D eigenvalue weighted by Crippen LogP contribution is 2.22. The van der Waals surface area contributed by atoms with E-state index in [-0.39, 0.29) is 30.3 Å². The normalized spacial score (nSPS) is 11.2. The summed E-state index contributed by atoms with van der Waals surface area (Å²) >= 11 is 6.00. The van der Waals surface area contributed by atoms with Gasteiger partial charge in [-0.1, -0.05) is 41.4 Å². The number of nitrogens with zero attached hydrogens (tertiary/aromatic N) is 1. The van der Waals surface area contributed by atoms with E-state index in [4.69, 9.17) is 11.6 Å². The van der Waals surface area contributed by atoms with E-state index in [0.29, 0.717) is 21.8 Å². The minimum atomic E-state index is -3.74. The summed E-state index contributed by atoms with van der Waals surface area (Å²) in [5, 5.41) is 3.04. The lowest BCUT2D eigenvalue weighted by Gasteiger charge is -2.18. The zero-order valence-corrected chi connectivity index (χ0v) is 19.0. The number of hydrogen-bond donors (Lipinski definition) is 2. The maximum atomic E-state index is 12.6. The second-order valence-electron chi connectivity index (χ2n) is 7.15. The Morgan fingerprint density at radius 1 is 1.07 bits per heavy atom. The smallest absolute Gasteiger partial charge is 0.244 e. The first-order valence-corrected chi connectivity index (χ1v) is 11.2. The molecule has 0 aliphatic rings. The van der Waals surface area contributed by atoms with Gasteiger partial charge in [-0.3, -0.25) is 9.59 Å². The van der Waals surface area contributed by atoms with Gasteiger partial charge in [-0.25, -0.2) is 13.1 Å². The van der Waals surface area contributed by atoms with Crippen molar-refractivity contribution in [2.24, 2.45) is 0 Å². The van der Waals surface area contributed by atoms with E-state index >= 15 is 0 Å². The van der Waals surface area contributed by atoms with Gasteiger partial charge in [0.05, 0.1) is 22.2 Å². The quantitative estimate of drug-likeness (QED) is 0.644. The molecule has 30 heavy (non-hydrogen) atoms. The molecule has 2 N–H and O–H groups in total. The summed E-state index contributed by atoms with van der Waals surface area (Å²) in [4.78, 5) is 25.9. The SMILES string of the molecule is Cc1cc(C)c(S(=O)(=O)NCCC(=O)N(C)CC(=O)Nc2ccccc2Cl)c(C)c1. The Bertz CT molecular complexity index is 1030. The molecule has 0 atom stereocenters. The van der Waals surface area contributed by atoms with E-state index in [1.54, 1.807) is 50.2 Å². The van der Waals surface area contributed by atoms with Crippen LogP contribution >= 0.6 is 11.6 Å². The van der Waals surface area contributed by atoms with Crippen LogP contribution in [0.5, 0.6) is 0 Å². The lowest BCUT2D eigenvalue weighted by molar-refractivity contribution is -0.133. The molecule has 0 fully saturated rings. The first kappa shape index (κ1) is 23.9. The third kappa shape index (κ3) is 6.29. The molecule has 0 aromatic heterocycles. The Labute approximate surface area is 182 Å². The van der Waals surface area contributed by atoms with Crippen molar-refractivity contribution in [2.45, 2.75) is 32.1 Å². The molecule has 162 valence electrons. The predicted molar refractivity (Wildman–Crippen MR) is 118 cm³/mol. The molecular weight excluding hydrogens is 426 g/mol. The Morgan fingerprint density at radius 2 is 1.67 bits per heavy atom. The zero-order valence-electron chi connectivity index (χ0n) is 17.5. The van der Waals surface area contributed by atoms with Crippen LogP contribution in [0, 0.1) is 20.8 Å². The number of amides is 2. The molecule has 2 aromatic rings. The minimum absolute atomic E-state index is 0.0651. The third-order valence-electron chi connectivity index (χ3n) is 4.46. The molecule has 0 saturated heterocycles. The molecular formula is C21H26ClN3O4S. The molecule has 2 aromatic carbocycles. The fourth-order valence-corrected chi connectivity index (χ4v) is 4.87. The van der Waals surface area contributed by atoms with Crippen molar-refractivity contribution in [3.05, 3.63) is 58.1 Å². The van der Waals surface area contributed by atoms with Crippen molar-refractivity contribution in [1.29, 1.82) is 0 Å². The molecule has 2 amide bonds. The molecule has 0 heterocycles. The number of aryl methyl sites for hydroxylation is 3. The molecule has 0 saturated carbocycles. The summed E-state index contributed by atoms with van der Waals surface area (Å²) in [5.74, 6) is -0.755. The molecule has 0 bridgehead atoms. The highest BCUT2D eigenvalue weighted by molar-refractivity contribution is 7.89. The summed E-state index contributed by atoms with van der Waals surface area (Å²) in [7, 11) is -2.26. The number of para-hydroxylation sites is 1. The van der Waals surface area contributed by atoms with Crippen LogP contribution in [0.1, 0.15) is 23.1 Å². The number of carbonyl (C=O) groups excluding carboxylic acids is 2. The number of likely N-dealkylation sites (N-methyl/N-ethyl adjacent to an activating group) is 1. The number of carbonyl (C=O) groups is 2. The summed E-state index contributed by atoms with van der Waals surface area (Å²) in [6.45, 7) is 5.15.